The van der Waals surface area contributed by atoms with E-state index in [1.807, 2.05) is 23.6 Å². The predicted molar refractivity (Wildman–Crippen MR) is 104 cm³/mol. The molecular formula is C18H12N4O3S2. The van der Waals surface area contributed by atoms with Gasteiger partial charge in [-0.3, -0.25) is 4.79 Å². The average Bonchev–Trinajstić information content (AvgIpc) is 3.32. The standard InChI is InChI=1S/C18H12N4O3S2/c19-9-27-13-4-1-11(2-5-13)20-17(23)14-8-26-18(22-14)21-12-3-6-15-16(7-12)25-10-24-15/h1-8H,10H2,(H,20,23)(H,21,22). The predicted octanol–water partition coefficient (Wildman–Crippen LogP) is 4.44. The summed E-state index contributed by atoms with van der Waals surface area (Å²) in [4.78, 5) is 17.5. The Labute approximate surface area is 162 Å². The summed E-state index contributed by atoms with van der Waals surface area (Å²) in [6.07, 6.45) is 0. The van der Waals surface area contributed by atoms with Crippen molar-refractivity contribution in [1.29, 1.82) is 5.26 Å². The fourth-order valence-corrected chi connectivity index (χ4v) is 3.48. The van der Waals surface area contributed by atoms with Crippen LogP contribution in [-0.2, 0) is 0 Å². The first-order valence-corrected chi connectivity index (χ1v) is 9.50. The summed E-state index contributed by atoms with van der Waals surface area (Å²) in [5, 5.41) is 18.9. The lowest BCUT2D eigenvalue weighted by Gasteiger charge is -2.04. The highest BCUT2D eigenvalue weighted by Crippen LogP contribution is 2.35. The topological polar surface area (TPSA) is 96.3 Å². The number of nitriles is 1. The third-order valence-corrected chi connectivity index (χ3v) is 4.99. The Kier molecular flexibility index (Phi) is 4.82. The highest BCUT2D eigenvalue weighted by atomic mass is 32.2. The minimum atomic E-state index is -0.300. The SMILES string of the molecule is N#CSc1ccc(NC(=O)c2csc(Nc3ccc4c(c3)OCO4)n2)cc1. The molecule has 0 aliphatic carbocycles. The summed E-state index contributed by atoms with van der Waals surface area (Å²) in [6.45, 7) is 0.219. The first-order chi connectivity index (χ1) is 13.2. The van der Waals surface area contributed by atoms with Crippen molar-refractivity contribution in [3.05, 3.63) is 53.5 Å². The van der Waals surface area contributed by atoms with Crippen LogP contribution >= 0.6 is 23.1 Å². The molecule has 2 aromatic carbocycles. The molecule has 0 spiro atoms. The van der Waals surface area contributed by atoms with Crippen molar-refractivity contribution in [1.82, 2.24) is 4.98 Å². The molecule has 4 rings (SSSR count). The van der Waals surface area contributed by atoms with Gasteiger partial charge in [0, 0.05) is 27.7 Å². The molecule has 0 atom stereocenters. The molecule has 0 bridgehead atoms. The van der Waals surface area contributed by atoms with Gasteiger partial charge in [0.25, 0.3) is 5.91 Å². The summed E-state index contributed by atoms with van der Waals surface area (Å²) in [5.41, 5.74) is 1.76. The van der Waals surface area contributed by atoms with Crippen molar-refractivity contribution >= 4 is 45.5 Å². The van der Waals surface area contributed by atoms with E-state index in [4.69, 9.17) is 14.7 Å². The number of thiocyanates is 1. The van der Waals surface area contributed by atoms with Gasteiger partial charge in [-0.05, 0) is 48.2 Å². The maximum Gasteiger partial charge on any atom is 0.275 e. The van der Waals surface area contributed by atoms with Crippen LogP contribution in [0.25, 0.3) is 0 Å². The van der Waals surface area contributed by atoms with Crippen molar-refractivity contribution in [3.63, 3.8) is 0 Å². The van der Waals surface area contributed by atoms with Gasteiger partial charge in [-0.15, -0.1) is 11.3 Å². The first kappa shape index (κ1) is 17.2. The molecule has 9 heteroatoms. The smallest absolute Gasteiger partial charge is 0.275 e. The molecule has 0 saturated carbocycles. The number of hydrogen-bond donors (Lipinski definition) is 2. The van der Waals surface area contributed by atoms with E-state index in [0.717, 1.165) is 22.3 Å². The number of amides is 1. The van der Waals surface area contributed by atoms with Gasteiger partial charge in [0.15, 0.2) is 16.6 Å². The van der Waals surface area contributed by atoms with Gasteiger partial charge in [0.1, 0.15) is 11.1 Å². The quantitative estimate of drug-likeness (QED) is 0.486. The van der Waals surface area contributed by atoms with Gasteiger partial charge in [-0.1, -0.05) is 0 Å². The number of nitrogens with zero attached hydrogens (tertiary/aromatic N) is 2. The number of fused-ring (bicyclic) bond motifs is 1. The fraction of sp³-hybridized carbons (Fsp3) is 0.0556. The van der Waals surface area contributed by atoms with E-state index in [1.54, 1.807) is 29.6 Å². The second-order valence-electron chi connectivity index (χ2n) is 5.40. The Morgan fingerprint density at radius 1 is 1.15 bits per heavy atom. The third kappa shape index (κ3) is 3.97. The van der Waals surface area contributed by atoms with Crippen LogP contribution in [0.3, 0.4) is 0 Å². The van der Waals surface area contributed by atoms with E-state index < -0.39 is 0 Å². The van der Waals surface area contributed by atoms with Crippen LogP contribution in [0.1, 0.15) is 10.5 Å². The van der Waals surface area contributed by atoms with Crippen LogP contribution in [0.4, 0.5) is 16.5 Å². The van der Waals surface area contributed by atoms with Crippen molar-refractivity contribution in [2.75, 3.05) is 17.4 Å². The lowest BCUT2D eigenvalue weighted by Crippen LogP contribution is -2.12. The molecule has 0 fully saturated rings. The first-order valence-electron chi connectivity index (χ1n) is 7.81. The minimum absolute atomic E-state index is 0.219. The molecule has 2 heterocycles. The van der Waals surface area contributed by atoms with E-state index in [-0.39, 0.29) is 12.7 Å². The van der Waals surface area contributed by atoms with E-state index in [2.05, 4.69) is 15.6 Å². The molecule has 3 aromatic rings. The number of carbonyl (C=O) groups is 1. The molecule has 2 N–H and O–H groups in total. The Hall–Kier alpha value is -3.22. The van der Waals surface area contributed by atoms with Gasteiger partial charge in [0.05, 0.1) is 0 Å². The molecule has 0 radical (unpaired) electrons. The van der Waals surface area contributed by atoms with Gasteiger partial charge in [0.2, 0.25) is 6.79 Å². The number of thiazole rings is 1. The molecule has 1 amide bonds. The zero-order chi connectivity index (χ0) is 18.6. The molecule has 0 unspecified atom stereocenters. The molecule has 0 saturated heterocycles. The number of nitrogens with one attached hydrogen (secondary N) is 2. The molecule has 1 aromatic heterocycles. The van der Waals surface area contributed by atoms with Crippen molar-refractivity contribution in [3.8, 4) is 16.9 Å². The highest BCUT2D eigenvalue weighted by Gasteiger charge is 2.15. The van der Waals surface area contributed by atoms with Gasteiger partial charge in [-0.2, -0.15) is 5.26 Å². The largest absolute Gasteiger partial charge is 0.454 e. The highest BCUT2D eigenvalue weighted by molar-refractivity contribution is 8.03. The van der Waals surface area contributed by atoms with Crippen molar-refractivity contribution < 1.29 is 14.3 Å². The van der Waals surface area contributed by atoms with Crippen LogP contribution in [0.15, 0.2) is 52.7 Å². The number of ether oxygens (including phenoxy) is 2. The van der Waals surface area contributed by atoms with Gasteiger partial charge in [-0.25, -0.2) is 4.98 Å². The summed E-state index contributed by atoms with van der Waals surface area (Å²) in [6, 6.07) is 12.5. The van der Waals surface area contributed by atoms with E-state index in [0.29, 0.717) is 28.0 Å². The third-order valence-electron chi connectivity index (χ3n) is 3.64. The van der Waals surface area contributed by atoms with Crippen molar-refractivity contribution in [2.45, 2.75) is 4.90 Å². The van der Waals surface area contributed by atoms with E-state index in [9.17, 15) is 4.79 Å². The average molecular weight is 396 g/mol. The Morgan fingerprint density at radius 3 is 2.74 bits per heavy atom. The number of hydrogen-bond acceptors (Lipinski definition) is 8. The maximum absolute atomic E-state index is 12.4. The maximum atomic E-state index is 12.4. The molecule has 1 aliphatic heterocycles. The second-order valence-corrected chi connectivity index (χ2v) is 7.12. The Morgan fingerprint density at radius 2 is 1.93 bits per heavy atom. The summed E-state index contributed by atoms with van der Waals surface area (Å²) in [7, 11) is 0. The molecule has 27 heavy (non-hydrogen) atoms. The molecule has 134 valence electrons. The zero-order valence-electron chi connectivity index (χ0n) is 13.8. The van der Waals surface area contributed by atoms with Gasteiger partial charge < -0.3 is 20.1 Å². The minimum Gasteiger partial charge on any atom is -0.454 e. The number of rotatable bonds is 5. The Balaban J connectivity index is 1.41. The number of aromatic nitrogens is 1. The molecule has 7 nitrogen and oxygen atoms in total. The lowest BCUT2D eigenvalue weighted by molar-refractivity contribution is 0.102. The lowest BCUT2D eigenvalue weighted by atomic mass is 10.3. The van der Waals surface area contributed by atoms with Crippen molar-refractivity contribution in [2.24, 2.45) is 0 Å². The van der Waals surface area contributed by atoms with E-state index >= 15 is 0 Å². The number of thioether (sulfide) groups is 1. The monoisotopic (exact) mass is 396 g/mol. The van der Waals surface area contributed by atoms with Crippen LogP contribution in [0.2, 0.25) is 0 Å². The van der Waals surface area contributed by atoms with Crippen LogP contribution < -0.4 is 20.1 Å². The number of anilines is 3. The number of benzene rings is 2. The van der Waals surface area contributed by atoms with Crippen LogP contribution in [0.5, 0.6) is 11.5 Å². The molecule has 1 aliphatic rings. The Bertz CT molecular complexity index is 1030. The second kappa shape index (κ2) is 7.57. The van der Waals surface area contributed by atoms with Crippen LogP contribution in [-0.4, -0.2) is 17.7 Å². The summed E-state index contributed by atoms with van der Waals surface area (Å²) < 4.78 is 10.6. The fourth-order valence-electron chi connectivity index (χ4n) is 2.39. The molecular weight excluding hydrogens is 384 g/mol. The summed E-state index contributed by atoms with van der Waals surface area (Å²) in [5.74, 6) is 1.08. The number of carbonyl (C=O) groups excluding carboxylic acids is 1. The zero-order valence-corrected chi connectivity index (χ0v) is 15.4. The van der Waals surface area contributed by atoms with Crippen LogP contribution in [0, 0.1) is 10.7 Å². The van der Waals surface area contributed by atoms with Gasteiger partial charge >= 0.3 is 0 Å². The normalized spacial score (nSPS) is 11.7. The summed E-state index contributed by atoms with van der Waals surface area (Å²) >= 11 is 2.40. The van der Waals surface area contributed by atoms with E-state index in [1.165, 1.54) is 11.3 Å².